The molecule has 8 nitrogen and oxygen atoms in total. The fourth-order valence-electron chi connectivity index (χ4n) is 2.42. The molecule has 0 saturated heterocycles. The molecule has 0 fully saturated rings. The zero-order valence-electron chi connectivity index (χ0n) is 13.2. The van der Waals surface area contributed by atoms with E-state index < -0.39 is 4.92 Å². The molecule has 0 aliphatic heterocycles. The molecule has 0 atom stereocenters. The third kappa shape index (κ3) is 3.18. The van der Waals surface area contributed by atoms with Gasteiger partial charge in [0.05, 0.1) is 21.7 Å². The van der Waals surface area contributed by atoms with E-state index in [2.05, 4.69) is 10.3 Å². The number of carbonyl (C=O) groups excluding carboxylic acids is 1. The maximum absolute atomic E-state index is 11.2. The number of rotatable bonds is 4. The summed E-state index contributed by atoms with van der Waals surface area (Å²) in [5.41, 5.74) is 6.99. The molecule has 0 bridgehead atoms. The maximum Gasteiger partial charge on any atom is 0.279 e. The maximum atomic E-state index is 11.2. The Kier molecular flexibility index (Phi) is 4.17. The highest BCUT2D eigenvalue weighted by atomic mass is 16.6. The molecule has 0 spiro atoms. The molecule has 3 rings (SSSR count). The number of fused-ring (bicyclic) bond motifs is 1. The number of carbonyl (C=O) groups is 1. The summed E-state index contributed by atoms with van der Waals surface area (Å²) in [6.45, 7) is 1.38. The van der Waals surface area contributed by atoms with Crippen LogP contribution in [-0.2, 0) is 4.79 Å². The van der Waals surface area contributed by atoms with Gasteiger partial charge in [0.15, 0.2) is 11.5 Å². The average molecular weight is 338 g/mol. The van der Waals surface area contributed by atoms with Gasteiger partial charge in [-0.25, -0.2) is 0 Å². The van der Waals surface area contributed by atoms with Gasteiger partial charge in [-0.1, -0.05) is 6.07 Å². The van der Waals surface area contributed by atoms with Crippen LogP contribution in [0, 0.1) is 10.1 Å². The monoisotopic (exact) mass is 338 g/mol. The van der Waals surface area contributed by atoms with Crippen molar-refractivity contribution >= 4 is 33.9 Å². The van der Waals surface area contributed by atoms with Crippen LogP contribution in [0.5, 0.6) is 11.5 Å². The van der Waals surface area contributed by atoms with E-state index in [4.69, 9.17) is 10.5 Å². The van der Waals surface area contributed by atoms with Crippen LogP contribution in [0.3, 0.4) is 0 Å². The van der Waals surface area contributed by atoms with Crippen LogP contribution in [0.25, 0.3) is 10.9 Å². The van der Waals surface area contributed by atoms with Gasteiger partial charge in [0.1, 0.15) is 5.52 Å². The van der Waals surface area contributed by atoms with Crippen molar-refractivity contribution in [1.29, 1.82) is 0 Å². The number of nitro benzene ring substituents is 1. The lowest BCUT2D eigenvalue weighted by Gasteiger charge is -2.13. The van der Waals surface area contributed by atoms with Crippen molar-refractivity contribution in [2.75, 3.05) is 11.1 Å². The molecule has 1 amide bonds. The summed E-state index contributed by atoms with van der Waals surface area (Å²) in [7, 11) is 0. The number of non-ortho nitro benzene ring substituents is 1. The molecule has 126 valence electrons. The second-order valence-electron chi connectivity index (χ2n) is 5.24. The number of nitrogens with two attached hydrogens (primary N) is 1. The predicted octanol–water partition coefficient (Wildman–Crippen LogP) is 3.48. The predicted molar refractivity (Wildman–Crippen MR) is 93.6 cm³/mol. The van der Waals surface area contributed by atoms with E-state index in [-0.39, 0.29) is 17.3 Å². The van der Waals surface area contributed by atoms with Crippen molar-refractivity contribution in [3.63, 3.8) is 0 Å². The number of ether oxygens (including phenoxy) is 1. The number of pyridine rings is 1. The number of benzene rings is 2. The number of nitrogen functional groups attached to an aromatic ring is 1. The Morgan fingerprint density at radius 3 is 2.72 bits per heavy atom. The van der Waals surface area contributed by atoms with Gasteiger partial charge >= 0.3 is 0 Å². The van der Waals surface area contributed by atoms with E-state index in [1.165, 1.54) is 25.3 Å². The quantitative estimate of drug-likeness (QED) is 0.427. The molecule has 0 radical (unpaired) electrons. The third-order valence-corrected chi connectivity index (χ3v) is 3.50. The number of anilines is 2. The minimum Gasteiger partial charge on any atom is -0.453 e. The highest BCUT2D eigenvalue weighted by molar-refractivity contribution is 5.94. The Morgan fingerprint density at radius 1 is 1.20 bits per heavy atom. The van der Waals surface area contributed by atoms with E-state index >= 15 is 0 Å². The van der Waals surface area contributed by atoms with Crippen LogP contribution < -0.4 is 15.8 Å². The third-order valence-electron chi connectivity index (χ3n) is 3.50. The van der Waals surface area contributed by atoms with Crippen LogP contribution in [-0.4, -0.2) is 15.8 Å². The average Bonchev–Trinajstić information content (AvgIpc) is 2.58. The number of nitrogens with zero attached hydrogens (tertiary/aromatic N) is 2. The number of aromatic nitrogens is 1. The zero-order valence-corrected chi connectivity index (χ0v) is 13.2. The normalized spacial score (nSPS) is 10.4. The number of hydrogen-bond donors (Lipinski definition) is 2. The van der Waals surface area contributed by atoms with Crippen LogP contribution in [0.4, 0.5) is 17.1 Å². The van der Waals surface area contributed by atoms with Crippen molar-refractivity contribution in [2.45, 2.75) is 6.92 Å². The molecule has 1 aromatic heterocycles. The van der Waals surface area contributed by atoms with Gasteiger partial charge in [0.2, 0.25) is 5.91 Å². The Morgan fingerprint density at radius 2 is 2.00 bits per heavy atom. The molecule has 0 aliphatic carbocycles. The summed E-state index contributed by atoms with van der Waals surface area (Å²) in [4.78, 5) is 26.1. The molecular weight excluding hydrogens is 324 g/mol. The lowest BCUT2D eigenvalue weighted by Crippen LogP contribution is -2.08. The van der Waals surface area contributed by atoms with E-state index in [0.29, 0.717) is 28.1 Å². The van der Waals surface area contributed by atoms with Gasteiger partial charge in [0, 0.05) is 19.2 Å². The van der Waals surface area contributed by atoms with Gasteiger partial charge < -0.3 is 15.8 Å². The Bertz CT molecular complexity index is 988. The first-order valence-electron chi connectivity index (χ1n) is 7.33. The van der Waals surface area contributed by atoms with Crippen LogP contribution in [0.1, 0.15) is 6.92 Å². The molecule has 0 aliphatic rings. The number of nitro groups is 1. The minimum absolute atomic E-state index is 0.0598. The fourth-order valence-corrected chi connectivity index (χ4v) is 2.42. The summed E-state index contributed by atoms with van der Waals surface area (Å²) in [6.07, 6.45) is 1.52. The number of hydrogen-bond acceptors (Lipinski definition) is 6. The summed E-state index contributed by atoms with van der Waals surface area (Å²) in [5, 5.41) is 14.1. The molecule has 3 N–H and O–H groups in total. The molecule has 0 unspecified atom stereocenters. The van der Waals surface area contributed by atoms with Crippen molar-refractivity contribution in [2.24, 2.45) is 0 Å². The Hall–Kier alpha value is -3.68. The summed E-state index contributed by atoms with van der Waals surface area (Å²) >= 11 is 0. The molecule has 3 aromatic rings. The summed E-state index contributed by atoms with van der Waals surface area (Å²) in [6, 6.07) is 11.0. The van der Waals surface area contributed by atoms with E-state index in [1.54, 1.807) is 30.3 Å². The minimum atomic E-state index is -0.473. The second kappa shape index (κ2) is 6.44. The molecule has 0 saturated carbocycles. The molecule has 1 heterocycles. The first kappa shape index (κ1) is 16.2. The van der Waals surface area contributed by atoms with Crippen LogP contribution in [0.15, 0.2) is 48.7 Å². The van der Waals surface area contributed by atoms with Gasteiger partial charge in [0.25, 0.3) is 5.69 Å². The lowest BCUT2D eigenvalue weighted by molar-refractivity contribution is -0.383. The van der Waals surface area contributed by atoms with Crippen LogP contribution in [0.2, 0.25) is 0 Å². The molecule has 25 heavy (non-hydrogen) atoms. The van der Waals surface area contributed by atoms with Gasteiger partial charge in [-0.2, -0.15) is 0 Å². The summed E-state index contributed by atoms with van der Waals surface area (Å²) in [5.74, 6) is 0.381. The number of para-hydroxylation sites is 1. The molecule has 2 aromatic carbocycles. The molecular formula is C17H14N4O4. The van der Waals surface area contributed by atoms with E-state index in [1.807, 2.05) is 0 Å². The number of nitrogens with one attached hydrogen (secondary N) is 1. The van der Waals surface area contributed by atoms with Crippen LogP contribution >= 0.6 is 0 Å². The van der Waals surface area contributed by atoms with Crippen molar-refractivity contribution in [1.82, 2.24) is 4.98 Å². The van der Waals surface area contributed by atoms with Crippen molar-refractivity contribution < 1.29 is 14.5 Å². The highest BCUT2D eigenvalue weighted by Gasteiger charge is 2.17. The van der Waals surface area contributed by atoms with Gasteiger partial charge in [-0.3, -0.25) is 19.9 Å². The standard InChI is InChI=1S/C17H14N4O4/c1-10(22)20-12-5-2-6-14(16(12)18)25-15-8-7-13(21(23)24)11-4-3-9-19-17(11)15/h2-9H,18H2,1H3,(H,20,22). The van der Waals surface area contributed by atoms with Crippen molar-refractivity contribution in [3.8, 4) is 11.5 Å². The SMILES string of the molecule is CC(=O)Nc1cccc(Oc2ccc([N+](=O)[O-])c3cccnc23)c1N. The van der Waals surface area contributed by atoms with Crippen molar-refractivity contribution in [3.05, 3.63) is 58.8 Å². The molecule has 8 heteroatoms. The second-order valence-corrected chi connectivity index (χ2v) is 5.24. The van der Waals surface area contributed by atoms with Gasteiger partial charge in [-0.05, 0) is 30.3 Å². The van der Waals surface area contributed by atoms with E-state index in [9.17, 15) is 14.9 Å². The Labute approximate surface area is 142 Å². The number of amides is 1. The summed E-state index contributed by atoms with van der Waals surface area (Å²) < 4.78 is 5.82. The largest absolute Gasteiger partial charge is 0.453 e. The fraction of sp³-hybridized carbons (Fsp3) is 0.0588. The topological polar surface area (TPSA) is 120 Å². The lowest BCUT2D eigenvalue weighted by atomic mass is 10.1. The Balaban J connectivity index is 2.06. The first-order valence-corrected chi connectivity index (χ1v) is 7.33. The zero-order chi connectivity index (χ0) is 18.0. The van der Waals surface area contributed by atoms with Gasteiger partial charge in [-0.15, -0.1) is 0 Å². The smallest absolute Gasteiger partial charge is 0.279 e. The highest BCUT2D eigenvalue weighted by Crippen LogP contribution is 2.37. The first-order chi connectivity index (χ1) is 12.0. The van der Waals surface area contributed by atoms with E-state index in [0.717, 1.165) is 0 Å².